The van der Waals surface area contributed by atoms with Gasteiger partial charge in [0.25, 0.3) is 0 Å². The molecule has 4 heterocycles. The summed E-state index contributed by atoms with van der Waals surface area (Å²) in [6.07, 6.45) is 10.4. The second-order valence-corrected chi connectivity index (χ2v) is 6.71. The highest BCUT2D eigenvalue weighted by Gasteiger charge is 2.68. The molecule has 6 nitrogen and oxygen atoms in total. The lowest BCUT2D eigenvalue weighted by atomic mass is 9.51. The van der Waals surface area contributed by atoms with Crippen LogP contribution in [-0.2, 0) is 11.8 Å². The first-order chi connectivity index (χ1) is 10.1. The minimum Gasteiger partial charge on any atom is -0.379 e. The molecule has 1 aromatic rings. The lowest BCUT2D eigenvalue weighted by Gasteiger charge is -2.59. The van der Waals surface area contributed by atoms with Gasteiger partial charge in [0, 0.05) is 17.9 Å². The van der Waals surface area contributed by atoms with Gasteiger partial charge in [-0.05, 0) is 12.8 Å². The first kappa shape index (κ1) is 11.8. The van der Waals surface area contributed by atoms with Crippen molar-refractivity contribution in [3.05, 3.63) is 45.3 Å². The largest absolute Gasteiger partial charge is 0.379 e. The van der Waals surface area contributed by atoms with Crippen LogP contribution in [0.1, 0.15) is 24.9 Å². The Morgan fingerprint density at radius 2 is 1.48 bits per heavy atom. The Balaban J connectivity index is 1.93. The van der Waals surface area contributed by atoms with Crippen LogP contribution in [0.5, 0.6) is 0 Å². The first-order valence-electron chi connectivity index (χ1n) is 7.47. The molecule has 2 fully saturated rings. The summed E-state index contributed by atoms with van der Waals surface area (Å²) in [5.74, 6) is 0. The molecule has 6 heteroatoms. The Morgan fingerprint density at radius 3 is 1.95 bits per heavy atom. The Bertz CT molecular complexity index is 761. The molecule has 2 aliphatic carbocycles. The summed E-state index contributed by atoms with van der Waals surface area (Å²) in [5.41, 5.74) is -0.759. The maximum atomic E-state index is 12.5. The van der Waals surface area contributed by atoms with Crippen molar-refractivity contribution in [1.29, 1.82) is 0 Å². The predicted octanol–water partition coefficient (Wildman–Crippen LogP) is 0.367. The Kier molecular flexibility index (Phi) is 1.87. The van der Waals surface area contributed by atoms with E-state index in [1.165, 1.54) is 4.57 Å². The highest BCUT2D eigenvalue weighted by molar-refractivity contribution is 5.34. The van der Waals surface area contributed by atoms with E-state index in [4.69, 9.17) is 4.74 Å². The highest BCUT2D eigenvalue weighted by atomic mass is 16.5. The lowest BCUT2D eigenvalue weighted by molar-refractivity contribution is -0.0588. The number of allylic oxidation sites excluding steroid dienone is 2. The number of ether oxygens (including phenoxy) is 1. The van der Waals surface area contributed by atoms with E-state index in [1.807, 2.05) is 0 Å². The van der Waals surface area contributed by atoms with Crippen molar-refractivity contribution in [1.82, 2.24) is 13.9 Å². The van der Waals surface area contributed by atoms with Gasteiger partial charge in [-0.1, -0.05) is 24.3 Å². The molecule has 0 unspecified atom stereocenters. The lowest BCUT2D eigenvalue weighted by Crippen LogP contribution is -2.62. The third-order valence-electron chi connectivity index (χ3n) is 6.14. The van der Waals surface area contributed by atoms with E-state index in [1.54, 1.807) is 16.4 Å². The average Bonchev–Trinajstić information content (AvgIpc) is 3.03. The number of hydrogen-bond acceptors (Lipinski definition) is 3. The van der Waals surface area contributed by atoms with E-state index in [2.05, 4.69) is 24.3 Å². The molecule has 5 aliphatic rings. The zero-order valence-electron chi connectivity index (χ0n) is 11.9. The molecule has 3 aliphatic heterocycles. The van der Waals surface area contributed by atoms with E-state index in [0.717, 1.165) is 12.8 Å². The molecular weight excluding hydrogens is 270 g/mol. The Hall–Kier alpha value is -1.82. The first-order valence-corrected chi connectivity index (χ1v) is 7.47. The minimum atomic E-state index is -0.201. The molecular formula is C15H17N3O3. The van der Waals surface area contributed by atoms with Gasteiger partial charge in [-0.25, -0.2) is 23.5 Å². The molecule has 0 aromatic carbocycles. The topological polar surface area (TPSA) is 58.2 Å². The van der Waals surface area contributed by atoms with E-state index in [-0.39, 0.29) is 34.3 Å². The zero-order chi connectivity index (χ0) is 14.4. The standard InChI is InChI=1S/C15H17N3O3/c1-16-12(19)17-10-4-5-11(18(17)13(16)20)15-7-3-2-6-14(10,15)8-21-9-15/h2-3,6-7,10-11H,4-5,8-9H2,1H3/t10-,11+,14+,15-. The van der Waals surface area contributed by atoms with Crippen molar-refractivity contribution in [2.45, 2.75) is 24.9 Å². The van der Waals surface area contributed by atoms with Crippen LogP contribution in [0.15, 0.2) is 33.9 Å². The quantitative estimate of drug-likeness (QED) is 0.692. The van der Waals surface area contributed by atoms with Crippen LogP contribution in [0.4, 0.5) is 0 Å². The average molecular weight is 287 g/mol. The molecule has 21 heavy (non-hydrogen) atoms. The molecule has 0 spiro atoms. The van der Waals surface area contributed by atoms with Crippen molar-refractivity contribution in [3.63, 3.8) is 0 Å². The van der Waals surface area contributed by atoms with Crippen LogP contribution in [0.3, 0.4) is 0 Å². The monoisotopic (exact) mass is 287 g/mol. The summed E-state index contributed by atoms with van der Waals surface area (Å²) in [5, 5.41) is 0. The fourth-order valence-corrected chi connectivity index (χ4v) is 5.21. The van der Waals surface area contributed by atoms with E-state index >= 15 is 0 Å². The number of nitrogens with zero attached hydrogens (tertiary/aromatic N) is 3. The molecule has 0 amide bonds. The number of hydrogen-bond donors (Lipinski definition) is 0. The maximum Gasteiger partial charge on any atom is 0.347 e. The summed E-state index contributed by atoms with van der Waals surface area (Å²) >= 11 is 0. The molecule has 0 radical (unpaired) electrons. The second-order valence-electron chi connectivity index (χ2n) is 6.71. The van der Waals surface area contributed by atoms with Gasteiger partial charge in [0.15, 0.2) is 0 Å². The Morgan fingerprint density at radius 1 is 1.00 bits per heavy atom. The van der Waals surface area contributed by atoms with Crippen LogP contribution in [-0.4, -0.2) is 27.1 Å². The second kappa shape index (κ2) is 3.32. The van der Waals surface area contributed by atoms with E-state index in [9.17, 15) is 9.59 Å². The summed E-state index contributed by atoms with van der Waals surface area (Å²) in [7, 11) is 1.57. The SMILES string of the molecule is Cn1c(=O)n2n(c1=O)[C@@H]1CC[C@H]2[C@]23C=CC=C[C@]12COC3. The molecule has 1 saturated heterocycles. The Labute approximate surface area is 120 Å². The third kappa shape index (κ3) is 0.994. The molecule has 4 atom stereocenters. The van der Waals surface area contributed by atoms with Crippen LogP contribution in [0.2, 0.25) is 0 Å². The normalized spacial score (nSPS) is 42.0. The maximum absolute atomic E-state index is 12.5. The smallest absolute Gasteiger partial charge is 0.347 e. The van der Waals surface area contributed by atoms with Gasteiger partial charge in [-0.3, -0.25) is 0 Å². The van der Waals surface area contributed by atoms with Gasteiger partial charge in [0.2, 0.25) is 0 Å². The van der Waals surface area contributed by atoms with Gasteiger partial charge < -0.3 is 4.74 Å². The van der Waals surface area contributed by atoms with Crippen LogP contribution >= 0.6 is 0 Å². The molecule has 0 N–H and O–H groups in total. The minimum absolute atomic E-state index is 0.00704. The fourth-order valence-electron chi connectivity index (χ4n) is 5.21. The molecule has 6 rings (SSSR count). The summed E-state index contributed by atoms with van der Waals surface area (Å²) < 4.78 is 10.5. The molecule has 1 aromatic heterocycles. The van der Waals surface area contributed by atoms with Crippen molar-refractivity contribution < 1.29 is 4.74 Å². The summed E-state index contributed by atoms with van der Waals surface area (Å²) in [6, 6.07) is 0.0141. The van der Waals surface area contributed by atoms with Crippen molar-refractivity contribution in [2.75, 3.05) is 13.2 Å². The predicted molar refractivity (Wildman–Crippen MR) is 75.2 cm³/mol. The third-order valence-corrected chi connectivity index (χ3v) is 6.14. The number of fused-ring (bicyclic) bond motifs is 1. The van der Waals surface area contributed by atoms with Crippen molar-refractivity contribution >= 4 is 0 Å². The van der Waals surface area contributed by atoms with Crippen LogP contribution < -0.4 is 11.4 Å². The van der Waals surface area contributed by atoms with Gasteiger partial charge in [-0.2, -0.15) is 0 Å². The summed E-state index contributed by atoms with van der Waals surface area (Å²) in [4.78, 5) is 25.0. The van der Waals surface area contributed by atoms with Gasteiger partial charge in [0.05, 0.1) is 25.3 Å². The van der Waals surface area contributed by atoms with Crippen LogP contribution in [0.25, 0.3) is 0 Å². The van der Waals surface area contributed by atoms with Gasteiger partial charge in [0.1, 0.15) is 0 Å². The van der Waals surface area contributed by atoms with E-state index < -0.39 is 0 Å². The van der Waals surface area contributed by atoms with Crippen LogP contribution in [0, 0.1) is 10.8 Å². The van der Waals surface area contributed by atoms with Gasteiger partial charge >= 0.3 is 11.4 Å². The zero-order valence-corrected chi connectivity index (χ0v) is 11.9. The molecule has 1 saturated carbocycles. The number of rotatable bonds is 0. The fraction of sp³-hybridized carbons (Fsp3) is 0.600. The van der Waals surface area contributed by atoms with Gasteiger partial charge in [-0.15, -0.1) is 0 Å². The molecule has 2 bridgehead atoms. The van der Waals surface area contributed by atoms with Crippen molar-refractivity contribution in [3.8, 4) is 0 Å². The molecule has 110 valence electrons. The van der Waals surface area contributed by atoms with E-state index in [0.29, 0.717) is 13.2 Å². The highest BCUT2D eigenvalue weighted by Crippen LogP contribution is 2.67. The van der Waals surface area contributed by atoms with Crippen molar-refractivity contribution in [2.24, 2.45) is 17.9 Å². The number of aromatic nitrogens is 3. The summed E-state index contributed by atoms with van der Waals surface area (Å²) in [6.45, 7) is 1.26.